The van der Waals surface area contributed by atoms with Crippen molar-refractivity contribution >= 4 is 38.9 Å². The van der Waals surface area contributed by atoms with Crippen molar-refractivity contribution in [3.05, 3.63) is 57.5 Å². The maximum absolute atomic E-state index is 12.7. The Morgan fingerprint density at radius 2 is 1.97 bits per heavy atom. The Bertz CT molecular complexity index is 1220. The molecule has 1 aromatic carbocycles. The molecule has 0 bridgehead atoms. The molecule has 0 saturated heterocycles. The number of amides is 1. The van der Waals surface area contributed by atoms with Crippen LogP contribution in [0.25, 0.3) is 16.0 Å². The molecule has 3 heterocycles. The van der Waals surface area contributed by atoms with Crippen molar-refractivity contribution in [2.45, 2.75) is 46.1 Å². The van der Waals surface area contributed by atoms with Crippen LogP contribution in [0.3, 0.4) is 0 Å². The minimum atomic E-state index is -0.0220. The molecular weight excluding hydrogens is 386 g/mol. The summed E-state index contributed by atoms with van der Waals surface area (Å²) in [5.74, 6) is 1.32. The standard InChI is InChI=1S/C21H23N5O2S/c1-3-12-25-20(28)19-16(11-13-29-19)26-17(23-24-21(25)26)5-4-6-18(27)22-15-9-7-14(2)8-10-15/h7-11,13H,3-6,12H2,1-2H3,(H,22,27). The number of nitrogens with zero attached hydrogens (tertiary/aromatic N) is 4. The Hall–Kier alpha value is -3.00. The molecule has 0 atom stereocenters. The van der Waals surface area contributed by atoms with Gasteiger partial charge in [0.15, 0.2) is 0 Å². The van der Waals surface area contributed by atoms with Gasteiger partial charge in [0.05, 0.1) is 5.52 Å². The largest absolute Gasteiger partial charge is 0.326 e. The predicted molar refractivity (Wildman–Crippen MR) is 116 cm³/mol. The van der Waals surface area contributed by atoms with E-state index >= 15 is 0 Å². The van der Waals surface area contributed by atoms with Gasteiger partial charge >= 0.3 is 0 Å². The van der Waals surface area contributed by atoms with E-state index in [0.717, 1.165) is 29.0 Å². The number of carbonyl (C=O) groups is 1. The fraction of sp³-hybridized carbons (Fsp3) is 0.333. The first-order valence-corrected chi connectivity index (χ1v) is 10.7. The van der Waals surface area contributed by atoms with Gasteiger partial charge in [0.2, 0.25) is 11.7 Å². The SMILES string of the molecule is CCCn1c(=O)c2sccc2n2c(CCCC(=O)Nc3ccc(C)cc3)nnc12. The van der Waals surface area contributed by atoms with Crippen LogP contribution in [0.4, 0.5) is 5.69 Å². The normalized spacial score (nSPS) is 11.4. The lowest BCUT2D eigenvalue weighted by molar-refractivity contribution is -0.116. The Morgan fingerprint density at radius 1 is 1.17 bits per heavy atom. The lowest BCUT2D eigenvalue weighted by atomic mass is 10.2. The lowest BCUT2D eigenvalue weighted by Gasteiger charge is -2.08. The molecule has 1 amide bonds. The molecule has 0 spiro atoms. The van der Waals surface area contributed by atoms with Gasteiger partial charge in [0.25, 0.3) is 5.56 Å². The summed E-state index contributed by atoms with van der Waals surface area (Å²) in [5.41, 5.74) is 2.78. The molecular formula is C21H23N5O2S. The highest BCUT2D eigenvalue weighted by Crippen LogP contribution is 2.20. The van der Waals surface area contributed by atoms with E-state index in [1.165, 1.54) is 11.3 Å². The van der Waals surface area contributed by atoms with Crippen molar-refractivity contribution in [1.82, 2.24) is 19.2 Å². The van der Waals surface area contributed by atoms with Gasteiger partial charge in [0.1, 0.15) is 10.5 Å². The summed E-state index contributed by atoms with van der Waals surface area (Å²) < 4.78 is 4.37. The van der Waals surface area contributed by atoms with Crippen molar-refractivity contribution < 1.29 is 4.79 Å². The molecule has 0 aliphatic heterocycles. The Morgan fingerprint density at radius 3 is 2.72 bits per heavy atom. The van der Waals surface area contributed by atoms with Crippen LogP contribution in [0.5, 0.6) is 0 Å². The molecule has 0 aliphatic rings. The molecule has 3 aromatic heterocycles. The second kappa shape index (κ2) is 8.16. The molecule has 0 radical (unpaired) electrons. The van der Waals surface area contributed by atoms with Crippen molar-refractivity contribution in [2.24, 2.45) is 0 Å². The van der Waals surface area contributed by atoms with Crippen LogP contribution < -0.4 is 10.9 Å². The van der Waals surface area contributed by atoms with E-state index in [9.17, 15) is 9.59 Å². The molecule has 29 heavy (non-hydrogen) atoms. The minimum Gasteiger partial charge on any atom is -0.326 e. The highest BCUT2D eigenvalue weighted by molar-refractivity contribution is 7.17. The van der Waals surface area contributed by atoms with Gasteiger partial charge in [-0.15, -0.1) is 21.5 Å². The Kier molecular flexibility index (Phi) is 5.44. The van der Waals surface area contributed by atoms with E-state index < -0.39 is 0 Å². The molecule has 0 fully saturated rings. The Labute approximate surface area is 172 Å². The van der Waals surface area contributed by atoms with E-state index in [0.29, 0.717) is 36.3 Å². The summed E-state index contributed by atoms with van der Waals surface area (Å²) in [6.45, 7) is 4.65. The molecule has 7 nitrogen and oxygen atoms in total. The van der Waals surface area contributed by atoms with Gasteiger partial charge in [-0.3, -0.25) is 18.6 Å². The number of hydrogen-bond acceptors (Lipinski definition) is 5. The van der Waals surface area contributed by atoms with Crippen molar-refractivity contribution in [3.63, 3.8) is 0 Å². The second-order valence-electron chi connectivity index (χ2n) is 7.11. The van der Waals surface area contributed by atoms with Crippen LogP contribution in [0, 0.1) is 6.92 Å². The van der Waals surface area contributed by atoms with Gasteiger partial charge in [-0.25, -0.2) is 0 Å². The summed E-state index contributed by atoms with van der Waals surface area (Å²) >= 11 is 1.44. The molecule has 8 heteroatoms. The third-order valence-electron chi connectivity index (χ3n) is 4.87. The quantitative estimate of drug-likeness (QED) is 0.504. The molecule has 1 N–H and O–H groups in total. The number of carbonyl (C=O) groups excluding carboxylic acids is 1. The van der Waals surface area contributed by atoms with Crippen LogP contribution >= 0.6 is 11.3 Å². The third kappa shape index (κ3) is 3.80. The maximum Gasteiger partial charge on any atom is 0.272 e. The third-order valence-corrected chi connectivity index (χ3v) is 5.76. The fourth-order valence-corrected chi connectivity index (χ4v) is 4.26. The van der Waals surface area contributed by atoms with Crippen LogP contribution in [0.15, 0.2) is 40.5 Å². The first-order chi connectivity index (χ1) is 14.1. The first kappa shape index (κ1) is 19.3. The number of rotatable bonds is 7. The molecule has 0 aliphatic carbocycles. The summed E-state index contributed by atoms with van der Waals surface area (Å²) in [6.07, 6.45) is 2.49. The summed E-state index contributed by atoms with van der Waals surface area (Å²) in [4.78, 5) is 25.0. The maximum atomic E-state index is 12.7. The van der Waals surface area contributed by atoms with Crippen molar-refractivity contribution in [3.8, 4) is 0 Å². The number of nitrogens with one attached hydrogen (secondary N) is 1. The minimum absolute atomic E-state index is 0.0132. The molecule has 0 saturated carbocycles. The zero-order valence-electron chi connectivity index (χ0n) is 16.5. The zero-order valence-corrected chi connectivity index (χ0v) is 17.3. The van der Waals surface area contributed by atoms with Crippen molar-refractivity contribution in [2.75, 3.05) is 5.32 Å². The number of aromatic nitrogens is 4. The zero-order chi connectivity index (χ0) is 20.4. The van der Waals surface area contributed by atoms with Gasteiger partial charge in [-0.05, 0) is 43.3 Å². The number of thiophene rings is 1. The summed E-state index contributed by atoms with van der Waals surface area (Å²) in [7, 11) is 0. The smallest absolute Gasteiger partial charge is 0.272 e. The highest BCUT2D eigenvalue weighted by atomic mass is 32.1. The van der Waals surface area contributed by atoms with Crippen LogP contribution in [0.2, 0.25) is 0 Å². The topological polar surface area (TPSA) is 81.3 Å². The molecule has 150 valence electrons. The predicted octanol–water partition coefficient (Wildman–Crippen LogP) is 3.79. The van der Waals surface area contributed by atoms with Gasteiger partial charge in [-0.2, -0.15) is 0 Å². The van der Waals surface area contributed by atoms with E-state index in [1.54, 1.807) is 4.57 Å². The van der Waals surface area contributed by atoms with E-state index in [2.05, 4.69) is 15.5 Å². The van der Waals surface area contributed by atoms with Crippen molar-refractivity contribution in [1.29, 1.82) is 0 Å². The highest BCUT2D eigenvalue weighted by Gasteiger charge is 2.17. The second-order valence-corrected chi connectivity index (χ2v) is 8.03. The first-order valence-electron chi connectivity index (χ1n) is 9.79. The molecule has 4 aromatic rings. The van der Waals surface area contributed by atoms with Crippen LogP contribution in [-0.4, -0.2) is 25.1 Å². The number of anilines is 1. The molecule has 4 rings (SSSR count). The van der Waals surface area contributed by atoms with Gasteiger partial charge in [-0.1, -0.05) is 24.6 Å². The summed E-state index contributed by atoms with van der Waals surface area (Å²) in [6, 6.07) is 9.68. The van der Waals surface area contributed by atoms with Crippen LogP contribution in [0.1, 0.15) is 37.6 Å². The molecule has 0 unspecified atom stereocenters. The average molecular weight is 410 g/mol. The van der Waals surface area contributed by atoms with Crippen LogP contribution in [-0.2, 0) is 17.8 Å². The monoisotopic (exact) mass is 409 g/mol. The Balaban J connectivity index is 1.52. The average Bonchev–Trinajstić information content (AvgIpc) is 3.34. The van der Waals surface area contributed by atoms with E-state index in [1.807, 2.05) is 54.0 Å². The van der Waals surface area contributed by atoms with Gasteiger partial charge in [0, 0.05) is 25.1 Å². The number of hydrogen-bond donors (Lipinski definition) is 1. The number of aryl methyl sites for hydroxylation is 3. The van der Waals surface area contributed by atoms with E-state index in [-0.39, 0.29) is 11.5 Å². The lowest BCUT2D eigenvalue weighted by Crippen LogP contribution is -2.22. The number of benzene rings is 1. The summed E-state index contributed by atoms with van der Waals surface area (Å²) in [5, 5.41) is 13.4. The number of fused-ring (bicyclic) bond motifs is 3. The van der Waals surface area contributed by atoms with Gasteiger partial charge < -0.3 is 5.32 Å². The van der Waals surface area contributed by atoms with E-state index in [4.69, 9.17) is 0 Å². The fourth-order valence-electron chi connectivity index (χ4n) is 3.44.